The summed E-state index contributed by atoms with van der Waals surface area (Å²) >= 11 is 0. The zero-order valence-corrected chi connectivity index (χ0v) is 11.6. The van der Waals surface area contributed by atoms with Crippen molar-refractivity contribution in [2.45, 2.75) is 45.6 Å². The SMILES string of the molecule is CC(C)(CO)CNC1CCCCc2ccccc21. The largest absolute Gasteiger partial charge is 0.396 e. The van der Waals surface area contributed by atoms with Crippen molar-refractivity contribution in [2.24, 2.45) is 5.41 Å². The molecule has 0 amide bonds. The van der Waals surface area contributed by atoms with Crippen LogP contribution in [0.5, 0.6) is 0 Å². The predicted octanol–water partition coefficient (Wildman–Crippen LogP) is 3.06. The van der Waals surface area contributed by atoms with Gasteiger partial charge in [0.15, 0.2) is 0 Å². The van der Waals surface area contributed by atoms with Gasteiger partial charge in [-0.3, -0.25) is 0 Å². The molecule has 0 heterocycles. The maximum absolute atomic E-state index is 9.33. The molecule has 0 aromatic heterocycles. The fraction of sp³-hybridized carbons (Fsp3) is 0.625. The molecule has 18 heavy (non-hydrogen) atoms. The summed E-state index contributed by atoms with van der Waals surface area (Å²) in [6.45, 7) is 5.29. The summed E-state index contributed by atoms with van der Waals surface area (Å²) in [6, 6.07) is 9.24. The van der Waals surface area contributed by atoms with Gasteiger partial charge >= 0.3 is 0 Å². The number of aryl methyl sites for hydroxylation is 1. The molecule has 2 N–H and O–H groups in total. The van der Waals surface area contributed by atoms with Crippen molar-refractivity contribution in [3.05, 3.63) is 35.4 Å². The highest BCUT2D eigenvalue weighted by molar-refractivity contribution is 5.31. The molecule has 1 unspecified atom stereocenters. The monoisotopic (exact) mass is 247 g/mol. The molecule has 1 aliphatic carbocycles. The van der Waals surface area contributed by atoms with E-state index in [0.717, 1.165) is 6.54 Å². The Bertz CT molecular complexity index is 386. The van der Waals surface area contributed by atoms with Gasteiger partial charge in [0, 0.05) is 24.6 Å². The summed E-state index contributed by atoms with van der Waals surface area (Å²) in [6.07, 6.45) is 4.99. The summed E-state index contributed by atoms with van der Waals surface area (Å²) in [5.74, 6) is 0. The van der Waals surface area contributed by atoms with Gasteiger partial charge in [-0.05, 0) is 30.4 Å². The summed E-state index contributed by atoms with van der Waals surface area (Å²) in [5, 5.41) is 13.0. The van der Waals surface area contributed by atoms with E-state index < -0.39 is 0 Å². The van der Waals surface area contributed by atoms with Gasteiger partial charge in [-0.15, -0.1) is 0 Å². The second-order valence-corrected chi connectivity index (χ2v) is 6.20. The van der Waals surface area contributed by atoms with Crippen molar-refractivity contribution in [1.82, 2.24) is 5.32 Å². The van der Waals surface area contributed by atoms with Crippen molar-refractivity contribution in [3.8, 4) is 0 Å². The van der Waals surface area contributed by atoms with Gasteiger partial charge in [-0.1, -0.05) is 44.5 Å². The Morgan fingerprint density at radius 3 is 2.83 bits per heavy atom. The summed E-state index contributed by atoms with van der Waals surface area (Å²) in [7, 11) is 0. The minimum atomic E-state index is -0.0404. The Morgan fingerprint density at radius 1 is 1.28 bits per heavy atom. The number of aliphatic hydroxyl groups excluding tert-OH is 1. The van der Waals surface area contributed by atoms with Crippen LogP contribution in [0.4, 0.5) is 0 Å². The van der Waals surface area contributed by atoms with E-state index in [-0.39, 0.29) is 12.0 Å². The molecule has 100 valence electrons. The fourth-order valence-electron chi connectivity index (χ4n) is 2.59. The molecule has 1 aromatic rings. The average molecular weight is 247 g/mol. The number of benzene rings is 1. The molecule has 2 heteroatoms. The summed E-state index contributed by atoms with van der Waals surface area (Å²) < 4.78 is 0. The van der Waals surface area contributed by atoms with Crippen LogP contribution in [0.1, 0.15) is 50.3 Å². The third-order valence-corrected chi connectivity index (χ3v) is 3.87. The van der Waals surface area contributed by atoms with Gasteiger partial charge in [0.05, 0.1) is 0 Å². The average Bonchev–Trinajstić information content (AvgIpc) is 2.59. The molecule has 0 spiro atoms. The molecule has 1 atom stereocenters. The first-order valence-electron chi connectivity index (χ1n) is 7.04. The maximum atomic E-state index is 9.33. The lowest BCUT2D eigenvalue weighted by molar-refractivity contribution is 0.152. The summed E-state index contributed by atoms with van der Waals surface area (Å²) in [4.78, 5) is 0. The molecular weight excluding hydrogens is 222 g/mol. The van der Waals surface area contributed by atoms with E-state index in [1.807, 2.05) is 0 Å². The lowest BCUT2D eigenvalue weighted by Gasteiger charge is -2.27. The Labute approximate surface area is 110 Å². The molecule has 1 aliphatic rings. The Balaban J connectivity index is 2.08. The van der Waals surface area contributed by atoms with Gasteiger partial charge in [0.2, 0.25) is 0 Å². The molecule has 0 saturated heterocycles. The van der Waals surface area contributed by atoms with Crippen molar-refractivity contribution < 1.29 is 5.11 Å². The third-order valence-electron chi connectivity index (χ3n) is 3.87. The second kappa shape index (κ2) is 5.85. The van der Waals surface area contributed by atoms with Crippen LogP contribution >= 0.6 is 0 Å². The van der Waals surface area contributed by atoms with Crippen molar-refractivity contribution in [3.63, 3.8) is 0 Å². The minimum Gasteiger partial charge on any atom is -0.396 e. The Morgan fingerprint density at radius 2 is 2.06 bits per heavy atom. The quantitative estimate of drug-likeness (QED) is 0.801. The standard InChI is InChI=1S/C16H25NO/c1-16(2,12-18)11-17-15-10-6-4-8-13-7-3-5-9-14(13)15/h3,5,7,9,15,17-18H,4,6,8,10-12H2,1-2H3. The molecular formula is C16H25NO. The smallest absolute Gasteiger partial charge is 0.0494 e. The number of hydrogen-bond acceptors (Lipinski definition) is 2. The molecule has 0 aliphatic heterocycles. The number of fused-ring (bicyclic) bond motifs is 1. The highest BCUT2D eigenvalue weighted by Gasteiger charge is 2.22. The number of rotatable bonds is 4. The first-order chi connectivity index (χ1) is 8.62. The topological polar surface area (TPSA) is 32.3 Å². The summed E-state index contributed by atoms with van der Waals surface area (Å²) in [5.41, 5.74) is 2.92. The lowest BCUT2D eigenvalue weighted by Crippen LogP contribution is -2.34. The van der Waals surface area contributed by atoms with E-state index in [1.54, 1.807) is 0 Å². The molecule has 1 aromatic carbocycles. The van der Waals surface area contributed by atoms with Crippen molar-refractivity contribution >= 4 is 0 Å². The van der Waals surface area contributed by atoms with Crippen LogP contribution in [-0.2, 0) is 6.42 Å². The second-order valence-electron chi connectivity index (χ2n) is 6.20. The number of aliphatic hydroxyl groups is 1. The van der Waals surface area contributed by atoms with Gasteiger partial charge < -0.3 is 10.4 Å². The van der Waals surface area contributed by atoms with Crippen LogP contribution in [0, 0.1) is 5.41 Å². The highest BCUT2D eigenvalue weighted by atomic mass is 16.3. The third kappa shape index (κ3) is 3.33. The van der Waals surface area contributed by atoms with Crippen LogP contribution in [0.15, 0.2) is 24.3 Å². The van der Waals surface area contributed by atoms with E-state index in [4.69, 9.17) is 0 Å². The van der Waals surface area contributed by atoms with Gasteiger partial charge in [-0.2, -0.15) is 0 Å². The molecule has 0 radical (unpaired) electrons. The fourth-order valence-corrected chi connectivity index (χ4v) is 2.59. The molecule has 2 nitrogen and oxygen atoms in total. The predicted molar refractivity (Wildman–Crippen MR) is 75.6 cm³/mol. The van der Waals surface area contributed by atoms with Crippen LogP contribution in [-0.4, -0.2) is 18.3 Å². The Kier molecular flexibility index (Phi) is 4.41. The van der Waals surface area contributed by atoms with Gasteiger partial charge in [0.1, 0.15) is 0 Å². The first-order valence-corrected chi connectivity index (χ1v) is 7.04. The van der Waals surface area contributed by atoms with E-state index in [2.05, 4.69) is 43.4 Å². The number of nitrogens with one attached hydrogen (secondary N) is 1. The molecule has 0 saturated carbocycles. The highest BCUT2D eigenvalue weighted by Crippen LogP contribution is 2.29. The minimum absolute atomic E-state index is 0.0404. The van der Waals surface area contributed by atoms with Crippen LogP contribution in [0.2, 0.25) is 0 Å². The van der Waals surface area contributed by atoms with E-state index in [9.17, 15) is 5.11 Å². The lowest BCUT2D eigenvalue weighted by atomic mass is 9.93. The molecule has 0 fully saturated rings. The maximum Gasteiger partial charge on any atom is 0.0494 e. The van der Waals surface area contributed by atoms with Gasteiger partial charge in [-0.25, -0.2) is 0 Å². The number of hydrogen-bond donors (Lipinski definition) is 2. The van der Waals surface area contributed by atoms with Crippen LogP contribution < -0.4 is 5.32 Å². The van der Waals surface area contributed by atoms with E-state index >= 15 is 0 Å². The van der Waals surface area contributed by atoms with Crippen molar-refractivity contribution in [1.29, 1.82) is 0 Å². The normalized spacial score (nSPS) is 20.3. The van der Waals surface area contributed by atoms with Crippen LogP contribution in [0.3, 0.4) is 0 Å². The van der Waals surface area contributed by atoms with Crippen molar-refractivity contribution in [2.75, 3.05) is 13.2 Å². The van der Waals surface area contributed by atoms with Gasteiger partial charge in [0.25, 0.3) is 0 Å². The zero-order chi connectivity index (χ0) is 13.0. The molecule has 2 rings (SSSR count). The zero-order valence-electron chi connectivity index (χ0n) is 11.6. The van der Waals surface area contributed by atoms with E-state index in [0.29, 0.717) is 6.04 Å². The Hall–Kier alpha value is -0.860. The molecule has 0 bridgehead atoms. The van der Waals surface area contributed by atoms with E-state index in [1.165, 1.54) is 36.8 Å². The van der Waals surface area contributed by atoms with Crippen LogP contribution in [0.25, 0.3) is 0 Å². The first kappa shape index (κ1) is 13.6.